The molecule has 6 nitrogen and oxygen atoms in total. The highest BCUT2D eigenvalue weighted by Gasteiger charge is 2.25. The molecular weight excluding hydrogens is 450 g/mol. The molecule has 180 valence electrons. The van der Waals surface area contributed by atoms with Crippen molar-refractivity contribution >= 4 is 23.2 Å². The van der Waals surface area contributed by atoms with Gasteiger partial charge in [0.15, 0.2) is 0 Å². The van der Waals surface area contributed by atoms with Crippen LogP contribution < -0.4 is 15.0 Å². The van der Waals surface area contributed by atoms with E-state index in [1.165, 1.54) is 0 Å². The molecule has 1 aliphatic heterocycles. The van der Waals surface area contributed by atoms with Gasteiger partial charge in [-0.25, -0.2) is 0 Å². The van der Waals surface area contributed by atoms with Crippen LogP contribution in [-0.2, 0) is 0 Å². The SMILES string of the molecule is O=C(Nc1ccccc1C(=O)N1CCN(c2ccccc2)CC1)c1ccccc1Oc1ccccc1. The number of para-hydroxylation sites is 4. The summed E-state index contributed by atoms with van der Waals surface area (Å²) in [4.78, 5) is 30.8. The Balaban J connectivity index is 1.30. The number of amides is 2. The van der Waals surface area contributed by atoms with Gasteiger partial charge in [-0.3, -0.25) is 9.59 Å². The quantitative estimate of drug-likeness (QED) is 0.387. The third kappa shape index (κ3) is 5.23. The lowest BCUT2D eigenvalue weighted by molar-refractivity contribution is 0.0748. The van der Waals surface area contributed by atoms with Crippen LogP contribution in [-0.4, -0.2) is 42.9 Å². The molecule has 2 amide bonds. The zero-order valence-electron chi connectivity index (χ0n) is 19.8. The topological polar surface area (TPSA) is 61.9 Å². The molecule has 6 heteroatoms. The molecular formula is C30H27N3O3. The fourth-order valence-electron chi connectivity index (χ4n) is 4.30. The number of anilines is 2. The highest BCUT2D eigenvalue weighted by Crippen LogP contribution is 2.27. The van der Waals surface area contributed by atoms with Crippen molar-refractivity contribution in [1.29, 1.82) is 0 Å². The Morgan fingerprint density at radius 1 is 0.639 bits per heavy atom. The van der Waals surface area contributed by atoms with Crippen LogP contribution in [0.3, 0.4) is 0 Å². The first-order chi connectivity index (χ1) is 17.7. The molecule has 0 saturated carbocycles. The van der Waals surface area contributed by atoms with Crippen molar-refractivity contribution in [3.63, 3.8) is 0 Å². The maximum absolute atomic E-state index is 13.4. The minimum Gasteiger partial charge on any atom is -0.457 e. The summed E-state index contributed by atoms with van der Waals surface area (Å²) in [6.45, 7) is 2.75. The summed E-state index contributed by atoms with van der Waals surface area (Å²) in [6.07, 6.45) is 0. The van der Waals surface area contributed by atoms with E-state index in [0.717, 1.165) is 18.8 Å². The van der Waals surface area contributed by atoms with E-state index < -0.39 is 0 Å². The Morgan fingerprint density at radius 3 is 1.94 bits per heavy atom. The summed E-state index contributed by atoms with van der Waals surface area (Å²) in [5, 5.41) is 2.93. The standard InChI is InChI=1S/C30H27N3O3/c34-29(26-16-8-10-18-28(26)36-24-13-5-2-6-14-24)31-27-17-9-7-15-25(27)30(35)33-21-19-32(20-22-33)23-11-3-1-4-12-23/h1-18H,19-22H2,(H,31,34). The molecule has 4 aromatic carbocycles. The lowest BCUT2D eigenvalue weighted by Crippen LogP contribution is -2.48. The first kappa shape index (κ1) is 23.2. The molecule has 0 unspecified atom stereocenters. The molecule has 0 aliphatic carbocycles. The number of rotatable bonds is 6. The van der Waals surface area contributed by atoms with E-state index in [-0.39, 0.29) is 11.8 Å². The minimum atomic E-state index is -0.337. The second-order valence-electron chi connectivity index (χ2n) is 8.53. The predicted molar refractivity (Wildman–Crippen MR) is 142 cm³/mol. The molecule has 0 atom stereocenters. The first-order valence-electron chi connectivity index (χ1n) is 12.0. The van der Waals surface area contributed by atoms with Crippen LogP contribution in [0.1, 0.15) is 20.7 Å². The van der Waals surface area contributed by atoms with E-state index in [4.69, 9.17) is 4.74 Å². The predicted octanol–water partition coefficient (Wildman–Crippen LogP) is 5.69. The monoisotopic (exact) mass is 477 g/mol. The van der Waals surface area contributed by atoms with Gasteiger partial charge in [0.05, 0.1) is 16.8 Å². The fraction of sp³-hybridized carbons (Fsp3) is 0.133. The number of hydrogen-bond donors (Lipinski definition) is 1. The Bertz CT molecular complexity index is 1330. The van der Waals surface area contributed by atoms with E-state index in [9.17, 15) is 9.59 Å². The van der Waals surface area contributed by atoms with E-state index in [0.29, 0.717) is 41.4 Å². The van der Waals surface area contributed by atoms with E-state index in [2.05, 4.69) is 22.3 Å². The lowest BCUT2D eigenvalue weighted by atomic mass is 10.1. The van der Waals surface area contributed by atoms with Gasteiger partial charge in [-0.15, -0.1) is 0 Å². The molecule has 0 bridgehead atoms. The number of carbonyl (C=O) groups excluding carboxylic acids is 2. The van der Waals surface area contributed by atoms with Gasteiger partial charge in [-0.05, 0) is 48.5 Å². The molecule has 4 aromatic rings. The van der Waals surface area contributed by atoms with Crippen LogP contribution >= 0.6 is 0 Å². The summed E-state index contributed by atoms with van der Waals surface area (Å²) >= 11 is 0. The molecule has 1 heterocycles. The zero-order valence-corrected chi connectivity index (χ0v) is 19.8. The Hall–Kier alpha value is -4.58. The Morgan fingerprint density at radius 2 is 1.22 bits per heavy atom. The van der Waals surface area contributed by atoms with Crippen LogP contribution in [0.2, 0.25) is 0 Å². The maximum Gasteiger partial charge on any atom is 0.259 e. The summed E-state index contributed by atoms with van der Waals surface area (Å²) in [7, 11) is 0. The van der Waals surface area contributed by atoms with Crippen LogP contribution in [0.15, 0.2) is 109 Å². The van der Waals surface area contributed by atoms with E-state index in [1.54, 1.807) is 30.3 Å². The molecule has 0 radical (unpaired) electrons. The molecule has 36 heavy (non-hydrogen) atoms. The van der Waals surface area contributed by atoms with Gasteiger partial charge in [-0.2, -0.15) is 0 Å². The summed E-state index contributed by atoms with van der Waals surface area (Å²) in [6, 6.07) is 33.7. The van der Waals surface area contributed by atoms with Crippen molar-refractivity contribution in [1.82, 2.24) is 4.90 Å². The van der Waals surface area contributed by atoms with Crippen molar-refractivity contribution in [2.24, 2.45) is 0 Å². The minimum absolute atomic E-state index is 0.0903. The Labute approximate surface area is 210 Å². The zero-order chi connectivity index (χ0) is 24.7. The van der Waals surface area contributed by atoms with Gasteiger partial charge in [0.25, 0.3) is 11.8 Å². The van der Waals surface area contributed by atoms with Gasteiger partial charge >= 0.3 is 0 Å². The second-order valence-corrected chi connectivity index (χ2v) is 8.53. The number of carbonyl (C=O) groups is 2. The van der Waals surface area contributed by atoms with Crippen LogP contribution in [0, 0.1) is 0 Å². The first-order valence-corrected chi connectivity index (χ1v) is 12.0. The third-order valence-electron chi connectivity index (χ3n) is 6.20. The second kappa shape index (κ2) is 10.8. The normalized spacial score (nSPS) is 13.2. The molecule has 0 spiro atoms. The fourth-order valence-corrected chi connectivity index (χ4v) is 4.30. The number of piperazine rings is 1. The summed E-state index contributed by atoms with van der Waals surface area (Å²) in [5.41, 5.74) is 2.50. The van der Waals surface area contributed by atoms with E-state index >= 15 is 0 Å². The molecule has 1 N–H and O–H groups in total. The maximum atomic E-state index is 13.4. The number of nitrogens with zero attached hydrogens (tertiary/aromatic N) is 2. The molecule has 1 saturated heterocycles. The highest BCUT2D eigenvalue weighted by molar-refractivity contribution is 6.10. The lowest BCUT2D eigenvalue weighted by Gasteiger charge is -2.36. The van der Waals surface area contributed by atoms with Crippen molar-refractivity contribution < 1.29 is 14.3 Å². The average molecular weight is 478 g/mol. The van der Waals surface area contributed by atoms with Gasteiger partial charge in [-0.1, -0.05) is 60.7 Å². The number of ether oxygens (including phenoxy) is 1. The smallest absolute Gasteiger partial charge is 0.259 e. The largest absolute Gasteiger partial charge is 0.457 e. The van der Waals surface area contributed by atoms with Crippen molar-refractivity contribution in [3.05, 3.63) is 120 Å². The van der Waals surface area contributed by atoms with Crippen LogP contribution in [0.4, 0.5) is 11.4 Å². The van der Waals surface area contributed by atoms with Crippen LogP contribution in [0.25, 0.3) is 0 Å². The summed E-state index contributed by atoms with van der Waals surface area (Å²) < 4.78 is 5.95. The molecule has 1 fully saturated rings. The van der Waals surface area contributed by atoms with Gasteiger partial charge in [0.2, 0.25) is 0 Å². The highest BCUT2D eigenvalue weighted by atomic mass is 16.5. The van der Waals surface area contributed by atoms with E-state index in [1.807, 2.05) is 71.6 Å². The Kier molecular flexibility index (Phi) is 6.94. The molecule has 1 aliphatic rings. The van der Waals surface area contributed by atoms with Crippen LogP contribution in [0.5, 0.6) is 11.5 Å². The molecule has 0 aromatic heterocycles. The number of benzene rings is 4. The number of hydrogen-bond acceptors (Lipinski definition) is 4. The average Bonchev–Trinajstić information content (AvgIpc) is 2.94. The van der Waals surface area contributed by atoms with Gasteiger partial charge in [0, 0.05) is 31.9 Å². The van der Waals surface area contributed by atoms with Crippen molar-refractivity contribution in [2.45, 2.75) is 0 Å². The summed E-state index contributed by atoms with van der Waals surface area (Å²) in [5.74, 6) is 0.660. The third-order valence-corrected chi connectivity index (χ3v) is 6.20. The van der Waals surface area contributed by atoms with Gasteiger partial charge in [0.1, 0.15) is 11.5 Å². The van der Waals surface area contributed by atoms with Gasteiger partial charge < -0.3 is 19.9 Å². The molecule has 5 rings (SSSR count). The number of nitrogens with one attached hydrogen (secondary N) is 1. The van der Waals surface area contributed by atoms with Crippen molar-refractivity contribution in [3.8, 4) is 11.5 Å². The van der Waals surface area contributed by atoms with Crippen molar-refractivity contribution in [2.75, 3.05) is 36.4 Å².